The molecule has 0 aliphatic rings. The van der Waals surface area contributed by atoms with Crippen molar-refractivity contribution in [3.8, 4) is 0 Å². The Kier molecular flexibility index (Phi) is 5.74. The molecule has 0 saturated carbocycles. The van der Waals surface area contributed by atoms with Crippen LogP contribution < -0.4 is 10.6 Å². The van der Waals surface area contributed by atoms with Crippen molar-refractivity contribution in [1.29, 1.82) is 0 Å². The number of urea groups is 1. The molecule has 1 atom stereocenters. The predicted octanol–water partition coefficient (Wildman–Crippen LogP) is 2.49. The number of imidazole rings is 1. The van der Waals surface area contributed by atoms with Gasteiger partial charge in [0.1, 0.15) is 0 Å². The van der Waals surface area contributed by atoms with Crippen molar-refractivity contribution in [2.24, 2.45) is 0 Å². The fourth-order valence-electron chi connectivity index (χ4n) is 1.94. The molecule has 7 heteroatoms. The number of aromatic nitrogens is 3. The van der Waals surface area contributed by atoms with E-state index in [0.717, 1.165) is 30.1 Å². The van der Waals surface area contributed by atoms with E-state index >= 15 is 0 Å². The number of hydrogen-bond acceptors (Lipinski definition) is 4. The maximum atomic E-state index is 11.8. The van der Waals surface area contributed by atoms with E-state index in [0.29, 0.717) is 6.54 Å². The van der Waals surface area contributed by atoms with Crippen molar-refractivity contribution in [3.05, 3.63) is 34.8 Å². The molecule has 114 valence electrons. The zero-order chi connectivity index (χ0) is 15.1. The Morgan fingerprint density at radius 1 is 1.48 bits per heavy atom. The van der Waals surface area contributed by atoms with E-state index in [1.54, 1.807) is 23.9 Å². The Morgan fingerprint density at radius 2 is 2.33 bits per heavy atom. The first-order valence-corrected chi connectivity index (χ1v) is 7.95. The third-order valence-electron chi connectivity index (χ3n) is 3.12. The summed E-state index contributed by atoms with van der Waals surface area (Å²) in [4.78, 5) is 20.1. The lowest BCUT2D eigenvalue weighted by molar-refractivity contribution is 0.237. The Labute approximate surface area is 128 Å². The molecule has 0 aromatic carbocycles. The quantitative estimate of drug-likeness (QED) is 0.772. The highest BCUT2D eigenvalue weighted by molar-refractivity contribution is 7.09. The Bertz CT molecular complexity index is 551. The average Bonchev–Trinajstić information content (AvgIpc) is 3.09. The van der Waals surface area contributed by atoms with Gasteiger partial charge in [0.25, 0.3) is 0 Å². The van der Waals surface area contributed by atoms with Gasteiger partial charge in [0.05, 0.1) is 23.1 Å². The van der Waals surface area contributed by atoms with Crippen molar-refractivity contribution in [2.45, 2.75) is 39.3 Å². The third-order valence-corrected chi connectivity index (χ3v) is 3.91. The minimum absolute atomic E-state index is 0.0686. The normalized spacial score (nSPS) is 12.1. The van der Waals surface area contributed by atoms with E-state index in [1.807, 2.05) is 30.0 Å². The number of carbonyl (C=O) groups is 1. The van der Waals surface area contributed by atoms with Crippen molar-refractivity contribution < 1.29 is 4.79 Å². The molecule has 2 aromatic heterocycles. The molecular weight excluding hydrogens is 286 g/mol. The molecule has 0 aliphatic carbocycles. The first-order chi connectivity index (χ1) is 10.1. The smallest absolute Gasteiger partial charge is 0.315 e. The molecule has 0 fully saturated rings. The fraction of sp³-hybridized carbons (Fsp3) is 0.500. The van der Waals surface area contributed by atoms with Gasteiger partial charge in [-0.15, -0.1) is 11.3 Å². The number of nitrogens with one attached hydrogen (secondary N) is 2. The summed E-state index contributed by atoms with van der Waals surface area (Å²) >= 11 is 1.59. The summed E-state index contributed by atoms with van der Waals surface area (Å²) in [5.74, 6) is 0. The van der Waals surface area contributed by atoms with Crippen LogP contribution in [0.15, 0.2) is 24.1 Å². The van der Waals surface area contributed by atoms with E-state index in [-0.39, 0.29) is 12.1 Å². The summed E-state index contributed by atoms with van der Waals surface area (Å²) in [5, 5.41) is 8.75. The second-order valence-electron chi connectivity index (χ2n) is 4.92. The standard InChI is InChI=1S/C14H21N5OS/c1-11(13-9-21-12(2)18-13)17-14(20)16-5-3-4-7-19-8-6-15-10-19/h6,8-11H,3-5,7H2,1-2H3,(H2,16,17,20)/t11-/m0/s1. The van der Waals surface area contributed by atoms with E-state index in [4.69, 9.17) is 0 Å². The minimum Gasteiger partial charge on any atom is -0.338 e. The van der Waals surface area contributed by atoms with Crippen LogP contribution in [0.1, 0.15) is 36.5 Å². The van der Waals surface area contributed by atoms with E-state index in [1.165, 1.54) is 0 Å². The number of unbranched alkanes of at least 4 members (excludes halogenated alkanes) is 1. The van der Waals surface area contributed by atoms with Gasteiger partial charge in [0.15, 0.2) is 0 Å². The Morgan fingerprint density at radius 3 is 3.00 bits per heavy atom. The first kappa shape index (κ1) is 15.5. The summed E-state index contributed by atoms with van der Waals surface area (Å²) < 4.78 is 2.03. The largest absolute Gasteiger partial charge is 0.338 e. The van der Waals surface area contributed by atoms with Crippen LogP contribution in [0.3, 0.4) is 0 Å². The second kappa shape index (κ2) is 7.78. The molecule has 0 saturated heterocycles. The molecule has 0 aliphatic heterocycles. The van der Waals surface area contributed by atoms with Gasteiger partial charge in [0.2, 0.25) is 0 Å². The molecule has 2 aromatic rings. The van der Waals surface area contributed by atoms with Crippen LogP contribution in [-0.4, -0.2) is 27.1 Å². The summed E-state index contributed by atoms with van der Waals surface area (Å²) in [6.45, 7) is 5.50. The predicted molar refractivity (Wildman–Crippen MR) is 83.3 cm³/mol. The first-order valence-electron chi connectivity index (χ1n) is 7.07. The fourth-order valence-corrected chi connectivity index (χ4v) is 2.65. The van der Waals surface area contributed by atoms with Gasteiger partial charge < -0.3 is 15.2 Å². The Hall–Kier alpha value is -1.89. The van der Waals surface area contributed by atoms with Gasteiger partial charge in [-0.25, -0.2) is 14.8 Å². The lowest BCUT2D eigenvalue weighted by atomic mass is 10.2. The number of hydrogen-bond donors (Lipinski definition) is 2. The summed E-state index contributed by atoms with van der Waals surface area (Å²) in [6, 6.07) is -0.211. The summed E-state index contributed by atoms with van der Waals surface area (Å²) in [7, 11) is 0. The number of carbonyl (C=O) groups excluding carboxylic acids is 1. The second-order valence-corrected chi connectivity index (χ2v) is 5.98. The zero-order valence-electron chi connectivity index (χ0n) is 12.4. The molecule has 6 nitrogen and oxygen atoms in total. The maximum Gasteiger partial charge on any atom is 0.315 e. The van der Waals surface area contributed by atoms with E-state index in [2.05, 4.69) is 20.6 Å². The van der Waals surface area contributed by atoms with Gasteiger partial charge in [-0.3, -0.25) is 0 Å². The summed E-state index contributed by atoms with van der Waals surface area (Å²) in [6.07, 6.45) is 7.47. The van der Waals surface area contributed by atoms with Crippen LogP contribution in [0.5, 0.6) is 0 Å². The molecule has 21 heavy (non-hydrogen) atoms. The molecule has 0 radical (unpaired) electrons. The lowest BCUT2D eigenvalue weighted by Gasteiger charge is -2.12. The number of amides is 2. The number of thiazole rings is 1. The Balaban J connectivity index is 1.59. The molecule has 0 bridgehead atoms. The van der Waals surface area contributed by atoms with Crippen molar-refractivity contribution >= 4 is 17.4 Å². The highest BCUT2D eigenvalue weighted by Gasteiger charge is 2.11. The molecule has 2 heterocycles. The van der Waals surface area contributed by atoms with Crippen LogP contribution >= 0.6 is 11.3 Å². The maximum absolute atomic E-state index is 11.8. The van der Waals surface area contributed by atoms with Gasteiger partial charge in [-0.05, 0) is 26.7 Å². The number of aryl methyl sites for hydroxylation is 2. The van der Waals surface area contributed by atoms with Crippen molar-refractivity contribution in [3.63, 3.8) is 0 Å². The summed E-state index contributed by atoms with van der Waals surface area (Å²) in [5.41, 5.74) is 0.910. The van der Waals surface area contributed by atoms with Crippen LogP contribution in [0.25, 0.3) is 0 Å². The van der Waals surface area contributed by atoms with Crippen molar-refractivity contribution in [1.82, 2.24) is 25.2 Å². The van der Waals surface area contributed by atoms with E-state index < -0.39 is 0 Å². The third kappa shape index (κ3) is 5.18. The van der Waals surface area contributed by atoms with Gasteiger partial charge >= 0.3 is 6.03 Å². The lowest BCUT2D eigenvalue weighted by Crippen LogP contribution is -2.37. The van der Waals surface area contributed by atoms with E-state index in [9.17, 15) is 4.79 Å². The molecule has 2 amide bonds. The van der Waals surface area contributed by atoms with Crippen LogP contribution in [0.2, 0.25) is 0 Å². The highest BCUT2D eigenvalue weighted by Crippen LogP contribution is 2.15. The van der Waals surface area contributed by atoms with Crippen molar-refractivity contribution in [2.75, 3.05) is 6.54 Å². The molecule has 0 spiro atoms. The van der Waals surface area contributed by atoms with Crippen LogP contribution in [-0.2, 0) is 6.54 Å². The number of nitrogens with zero attached hydrogens (tertiary/aromatic N) is 3. The highest BCUT2D eigenvalue weighted by atomic mass is 32.1. The van der Waals surface area contributed by atoms with Gasteiger partial charge in [-0.1, -0.05) is 0 Å². The monoisotopic (exact) mass is 307 g/mol. The number of rotatable bonds is 7. The van der Waals surface area contributed by atoms with Crippen LogP contribution in [0, 0.1) is 6.92 Å². The molecule has 2 rings (SSSR count). The van der Waals surface area contributed by atoms with Crippen LogP contribution in [0.4, 0.5) is 4.79 Å². The topological polar surface area (TPSA) is 71.8 Å². The van der Waals surface area contributed by atoms with Gasteiger partial charge in [-0.2, -0.15) is 0 Å². The molecule has 2 N–H and O–H groups in total. The van der Waals surface area contributed by atoms with Gasteiger partial charge in [0, 0.05) is 30.9 Å². The molecule has 0 unspecified atom stereocenters. The minimum atomic E-state index is -0.143. The SMILES string of the molecule is Cc1nc([C@H](C)NC(=O)NCCCCn2ccnc2)cs1. The molecular formula is C14H21N5OS. The zero-order valence-corrected chi connectivity index (χ0v) is 13.2. The average molecular weight is 307 g/mol.